The molecule has 0 saturated heterocycles. The summed E-state index contributed by atoms with van der Waals surface area (Å²) in [7, 11) is 1.63. The first-order chi connectivity index (χ1) is 10.2. The van der Waals surface area contributed by atoms with Gasteiger partial charge in [0.05, 0.1) is 13.2 Å². The zero-order valence-electron chi connectivity index (χ0n) is 12.5. The summed E-state index contributed by atoms with van der Waals surface area (Å²) < 4.78 is 5.01. The Bertz CT molecular complexity index is 426. The monoisotopic (exact) mass is 295 g/mol. The number of nitrogens with one attached hydrogen (secondary N) is 1. The fraction of sp³-hybridized carbons (Fsp3) is 0.533. The number of hydrogen-bond acceptors (Lipinski definition) is 5. The van der Waals surface area contributed by atoms with Gasteiger partial charge in [0.2, 0.25) is 5.91 Å². The molecule has 0 unspecified atom stereocenters. The van der Waals surface area contributed by atoms with E-state index < -0.39 is 0 Å². The Morgan fingerprint density at radius 3 is 2.86 bits per heavy atom. The number of aliphatic hydroxyl groups is 1. The first-order valence-electron chi connectivity index (χ1n) is 7.10. The number of nitrogens with two attached hydrogens (primary N) is 1. The molecule has 0 saturated carbocycles. The molecule has 1 rings (SSSR count). The molecule has 0 heterocycles. The van der Waals surface area contributed by atoms with Gasteiger partial charge in [-0.1, -0.05) is 12.1 Å². The van der Waals surface area contributed by atoms with Crippen molar-refractivity contribution >= 4 is 11.6 Å². The molecule has 0 bridgehead atoms. The number of hydrogen-bond donors (Lipinski definition) is 3. The zero-order valence-corrected chi connectivity index (χ0v) is 12.5. The van der Waals surface area contributed by atoms with Crippen molar-refractivity contribution in [2.45, 2.75) is 13.0 Å². The van der Waals surface area contributed by atoms with Crippen LogP contribution in [-0.2, 0) is 16.1 Å². The normalized spacial score (nSPS) is 10.9. The van der Waals surface area contributed by atoms with Gasteiger partial charge in [0.25, 0.3) is 0 Å². The van der Waals surface area contributed by atoms with Crippen molar-refractivity contribution in [1.29, 1.82) is 0 Å². The number of ether oxygens (including phenoxy) is 1. The van der Waals surface area contributed by atoms with Gasteiger partial charge in [-0.2, -0.15) is 0 Å². The Hall–Kier alpha value is -1.47. The second-order valence-corrected chi connectivity index (χ2v) is 4.76. The highest BCUT2D eigenvalue weighted by atomic mass is 16.5. The third-order valence-electron chi connectivity index (χ3n) is 3.13. The Balaban J connectivity index is 2.40. The van der Waals surface area contributed by atoms with E-state index in [0.29, 0.717) is 39.2 Å². The van der Waals surface area contributed by atoms with Crippen LogP contribution in [0.4, 0.5) is 5.69 Å². The molecule has 0 aliphatic rings. The number of methoxy groups -OCH3 is 1. The van der Waals surface area contributed by atoms with Crippen molar-refractivity contribution in [2.75, 3.05) is 45.3 Å². The SMILES string of the molecule is COCCN(CCO)CCC(=O)Nc1cccc(CN)c1. The maximum absolute atomic E-state index is 11.9. The number of aliphatic hydroxyl groups excluding tert-OH is 1. The third kappa shape index (κ3) is 7.19. The summed E-state index contributed by atoms with van der Waals surface area (Å²) in [6, 6.07) is 7.50. The highest BCUT2D eigenvalue weighted by molar-refractivity contribution is 5.90. The highest BCUT2D eigenvalue weighted by Gasteiger charge is 2.08. The highest BCUT2D eigenvalue weighted by Crippen LogP contribution is 2.10. The molecule has 0 aliphatic heterocycles. The van der Waals surface area contributed by atoms with Crippen LogP contribution in [0.2, 0.25) is 0 Å². The quantitative estimate of drug-likeness (QED) is 0.582. The second-order valence-electron chi connectivity index (χ2n) is 4.76. The Labute approximate surface area is 125 Å². The van der Waals surface area contributed by atoms with Crippen LogP contribution in [0.5, 0.6) is 0 Å². The van der Waals surface area contributed by atoms with E-state index in [4.69, 9.17) is 15.6 Å². The van der Waals surface area contributed by atoms with Crippen molar-refractivity contribution in [3.8, 4) is 0 Å². The number of carbonyl (C=O) groups is 1. The molecule has 1 aromatic carbocycles. The lowest BCUT2D eigenvalue weighted by Gasteiger charge is -2.20. The molecule has 21 heavy (non-hydrogen) atoms. The number of anilines is 1. The van der Waals surface area contributed by atoms with Gasteiger partial charge in [-0.05, 0) is 17.7 Å². The van der Waals surface area contributed by atoms with Gasteiger partial charge in [0, 0.05) is 45.4 Å². The van der Waals surface area contributed by atoms with E-state index >= 15 is 0 Å². The molecular formula is C15H25N3O3. The number of benzene rings is 1. The number of amides is 1. The fourth-order valence-corrected chi connectivity index (χ4v) is 1.96. The minimum absolute atomic E-state index is 0.0514. The summed E-state index contributed by atoms with van der Waals surface area (Å²) >= 11 is 0. The van der Waals surface area contributed by atoms with Gasteiger partial charge in [-0.25, -0.2) is 0 Å². The molecule has 6 heteroatoms. The van der Waals surface area contributed by atoms with E-state index in [2.05, 4.69) is 5.32 Å². The molecular weight excluding hydrogens is 270 g/mol. The lowest BCUT2D eigenvalue weighted by molar-refractivity contribution is -0.116. The van der Waals surface area contributed by atoms with Crippen LogP contribution in [0.3, 0.4) is 0 Å². The fourth-order valence-electron chi connectivity index (χ4n) is 1.96. The van der Waals surface area contributed by atoms with E-state index in [0.717, 1.165) is 11.3 Å². The van der Waals surface area contributed by atoms with Crippen LogP contribution in [0, 0.1) is 0 Å². The van der Waals surface area contributed by atoms with Crippen molar-refractivity contribution in [3.05, 3.63) is 29.8 Å². The van der Waals surface area contributed by atoms with Crippen LogP contribution < -0.4 is 11.1 Å². The summed E-state index contributed by atoms with van der Waals surface area (Å²) in [5.41, 5.74) is 7.31. The number of nitrogens with zero attached hydrogens (tertiary/aromatic N) is 1. The van der Waals surface area contributed by atoms with E-state index in [1.165, 1.54) is 0 Å². The lowest BCUT2D eigenvalue weighted by Crippen LogP contribution is -2.33. The summed E-state index contributed by atoms with van der Waals surface area (Å²) in [6.07, 6.45) is 0.372. The smallest absolute Gasteiger partial charge is 0.225 e. The summed E-state index contributed by atoms with van der Waals surface area (Å²) in [6.45, 7) is 2.94. The predicted octanol–water partition coefficient (Wildman–Crippen LogP) is 0.415. The molecule has 0 radical (unpaired) electrons. The Morgan fingerprint density at radius 2 is 2.19 bits per heavy atom. The minimum Gasteiger partial charge on any atom is -0.395 e. The molecule has 0 fully saturated rings. The Kier molecular flexibility index (Phi) is 8.61. The standard InChI is InChI=1S/C15H25N3O3/c1-21-10-8-18(7-9-19)6-5-15(20)17-14-4-2-3-13(11-14)12-16/h2-4,11,19H,5-10,12,16H2,1H3,(H,17,20). The molecule has 0 spiro atoms. The van der Waals surface area contributed by atoms with Crippen LogP contribution in [0.15, 0.2) is 24.3 Å². The van der Waals surface area contributed by atoms with Crippen molar-refractivity contribution in [3.63, 3.8) is 0 Å². The van der Waals surface area contributed by atoms with Gasteiger partial charge in [0.1, 0.15) is 0 Å². The van der Waals surface area contributed by atoms with Crippen LogP contribution in [0.1, 0.15) is 12.0 Å². The number of rotatable bonds is 10. The van der Waals surface area contributed by atoms with Crippen LogP contribution in [-0.4, -0.2) is 55.9 Å². The van der Waals surface area contributed by atoms with Gasteiger partial charge in [0.15, 0.2) is 0 Å². The third-order valence-corrected chi connectivity index (χ3v) is 3.13. The van der Waals surface area contributed by atoms with Crippen LogP contribution >= 0.6 is 0 Å². The topological polar surface area (TPSA) is 87.8 Å². The average molecular weight is 295 g/mol. The van der Waals surface area contributed by atoms with Crippen molar-refractivity contribution in [1.82, 2.24) is 4.90 Å². The Morgan fingerprint density at radius 1 is 1.38 bits per heavy atom. The van der Waals surface area contributed by atoms with Gasteiger partial charge in [-0.15, -0.1) is 0 Å². The van der Waals surface area contributed by atoms with Gasteiger partial charge < -0.3 is 20.9 Å². The van der Waals surface area contributed by atoms with Crippen LogP contribution in [0.25, 0.3) is 0 Å². The van der Waals surface area contributed by atoms with Crippen molar-refractivity contribution < 1.29 is 14.6 Å². The van der Waals surface area contributed by atoms with Gasteiger partial charge in [-0.3, -0.25) is 9.69 Å². The van der Waals surface area contributed by atoms with E-state index in [-0.39, 0.29) is 12.5 Å². The van der Waals surface area contributed by atoms with E-state index in [1.807, 2.05) is 29.2 Å². The molecule has 0 atom stereocenters. The summed E-state index contributed by atoms with van der Waals surface area (Å²) in [5, 5.41) is 11.9. The molecule has 1 aromatic rings. The first kappa shape index (κ1) is 17.6. The molecule has 1 amide bonds. The summed E-state index contributed by atoms with van der Waals surface area (Å²) in [4.78, 5) is 13.9. The molecule has 118 valence electrons. The largest absolute Gasteiger partial charge is 0.395 e. The molecule has 0 aromatic heterocycles. The first-order valence-corrected chi connectivity index (χ1v) is 7.10. The molecule has 0 aliphatic carbocycles. The number of carbonyl (C=O) groups excluding carboxylic acids is 1. The molecule has 6 nitrogen and oxygen atoms in total. The predicted molar refractivity (Wildman–Crippen MR) is 83.0 cm³/mol. The maximum Gasteiger partial charge on any atom is 0.225 e. The summed E-state index contributed by atoms with van der Waals surface area (Å²) in [5.74, 6) is -0.0514. The molecule has 4 N–H and O–H groups in total. The van der Waals surface area contributed by atoms with E-state index in [1.54, 1.807) is 7.11 Å². The van der Waals surface area contributed by atoms with Gasteiger partial charge >= 0.3 is 0 Å². The lowest BCUT2D eigenvalue weighted by atomic mass is 10.2. The second kappa shape index (κ2) is 10.3. The zero-order chi connectivity index (χ0) is 15.5. The minimum atomic E-state index is -0.0514. The van der Waals surface area contributed by atoms with Crippen molar-refractivity contribution in [2.24, 2.45) is 5.73 Å². The van der Waals surface area contributed by atoms with E-state index in [9.17, 15) is 4.79 Å². The maximum atomic E-state index is 11.9. The average Bonchev–Trinajstić information content (AvgIpc) is 2.50.